The Balaban J connectivity index is 2.51. The van der Waals surface area contributed by atoms with E-state index >= 15 is 0 Å². The second-order valence-corrected chi connectivity index (χ2v) is 6.00. The lowest BCUT2D eigenvalue weighted by Crippen LogP contribution is -2.09. The molecular weight excluding hydrogens is 303 g/mol. The van der Waals surface area contributed by atoms with Crippen LogP contribution in [0.2, 0.25) is 0 Å². The predicted octanol–water partition coefficient (Wildman–Crippen LogP) is 5.68. The van der Waals surface area contributed by atoms with Crippen LogP contribution in [0.25, 0.3) is 11.1 Å². The summed E-state index contributed by atoms with van der Waals surface area (Å²) >= 11 is 0. The lowest BCUT2D eigenvalue weighted by molar-refractivity contribution is -0.137. The summed E-state index contributed by atoms with van der Waals surface area (Å²) in [6.45, 7) is 7.70. The van der Waals surface area contributed by atoms with Crippen molar-refractivity contribution in [2.45, 2.75) is 45.9 Å². The maximum atomic E-state index is 13.0. The van der Waals surface area contributed by atoms with Crippen LogP contribution < -0.4 is 4.74 Å². The molecule has 1 aromatic carbocycles. The van der Waals surface area contributed by atoms with Gasteiger partial charge in [-0.15, -0.1) is 0 Å². The zero-order valence-electron chi connectivity index (χ0n) is 13.6. The van der Waals surface area contributed by atoms with Crippen LogP contribution in [-0.4, -0.2) is 11.1 Å². The maximum absolute atomic E-state index is 13.0. The number of hydrogen-bond acceptors (Lipinski definition) is 2. The van der Waals surface area contributed by atoms with Crippen LogP contribution in [0.5, 0.6) is 5.75 Å². The standard InChI is InChI=1S/C18H20F3NO/c1-11(2)16-7-5-13(10-22-16)15-9-14(18(19,20)21)6-8-17(15)23-12(3)4/h5-12H,1-4H3. The van der Waals surface area contributed by atoms with Gasteiger partial charge in [-0.05, 0) is 44.0 Å². The Hall–Kier alpha value is -2.04. The summed E-state index contributed by atoms with van der Waals surface area (Å²) in [6, 6.07) is 7.14. The first-order valence-electron chi connectivity index (χ1n) is 7.52. The van der Waals surface area contributed by atoms with Crippen molar-refractivity contribution < 1.29 is 17.9 Å². The molecule has 1 heterocycles. The quantitative estimate of drug-likeness (QED) is 0.722. The molecule has 2 aromatic rings. The highest BCUT2D eigenvalue weighted by molar-refractivity contribution is 5.71. The summed E-state index contributed by atoms with van der Waals surface area (Å²) in [5.41, 5.74) is 1.20. The molecule has 0 saturated heterocycles. The van der Waals surface area contributed by atoms with Crippen molar-refractivity contribution in [2.24, 2.45) is 0 Å². The monoisotopic (exact) mass is 323 g/mol. The highest BCUT2D eigenvalue weighted by Crippen LogP contribution is 2.37. The molecule has 0 unspecified atom stereocenters. The summed E-state index contributed by atoms with van der Waals surface area (Å²) < 4.78 is 44.6. The van der Waals surface area contributed by atoms with Crippen molar-refractivity contribution in [3.05, 3.63) is 47.8 Å². The van der Waals surface area contributed by atoms with E-state index in [-0.39, 0.29) is 12.0 Å². The number of alkyl halides is 3. The van der Waals surface area contributed by atoms with Crippen LogP contribution in [0.3, 0.4) is 0 Å². The number of ether oxygens (including phenoxy) is 1. The predicted molar refractivity (Wildman–Crippen MR) is 84.5 cm³/mol. The molecule has 124 valence electrons. The highest BCUT2D eigenvalue weighted by atomic mass is 19.4. The van der Waals surface area contributed by atoms with E-state index in [1.807, 2.05) is 33.8 Å². The summed E-state index contributed by atoms with van der Waals surface area (Å²) in [4.78, 5) is 4.33. The summed E-state index contributed by atoms with van der Waals surface area (Å²) in [7, 11) is 0. The lowest BCUT2D eigenvalue weighted by atomic mass is 10.0. The molecular formula is C18H20F3NO. The van der Waals surface area contributed by atoms with Crippen LogP contribution >= 0.6 is 0 Å². The Morgan fingerprint density at radius 2 is 1.70 bits per heavy atom. The van der Waals surface area contributed by atoms with Gasteiger partial charge in [-0.3, -0.25) is 4.98 Å². The van der Waals surface area contributed by atoms with E-state index in [0.29, 0.717) is 16.9 Å². The number of benzene rings is 1. The Morgan fingerprint density at radius 1 is 1.00 bits per heavy atom. The fourth-order valence-corrected chi connectivity index (χ4v) is 2.19. The van der Waals surface area contributed by atoms with Gasteiger partial charge in [-0.25, -0.2) is 0 Å². The van der Waals surface area contributed by atoms with Crippen molar-refractivity contribution in [3.8, 4) is 16.9 Å². The smallest absolute Gasteiger partial charge is 0.416 e. The molecule has 23 heavy (non-hydrogen) atoms. The molecule has 0 atom stereocenters. The lowest BCUT2D eigenvalue weighted by Gasteiger charge is -2.17. The molecule has 0 radical (unpaired) electrons. The van der Waals surface area contributed by atoms with Gasteiger partial charge in [0.25, 0.3) is 0 Å². The summed E-state index contributed by atoms with van der Waals surface area (Å²) in [5, 5.41) is 0. The van der Waals surface area contributed by atoms with Crippen LogP contribution in [0, 0.1) is 0 Å². The molecule has 5 heteroatoms. The molecule has 0 fully saturated rings. The first-order valence-corrected chi connectivity index (χ1v) is 7.52. The third kappa shape index (κ3) is 4.24. The molecule has 0 aliphatic carbocycles. The number of nitrogens with zero attached hydrogens (tertiary/aromatic N) is 1. The molecule has 0 saturated carbocycles. The molecule has 2 nitrogen and oxygen atoms in total. The van der Waals surface area contributed by atoms with Crippen molar-refractivity contribution in [1.82, 2.24) is 4.98 Å². The normalized spacial score (nSPS) is 12.0. The van der Waals surface area contributed by atoms with Gasteiger partial charge in [-0.1, -0.05) is 19.9 Å². The van der Waals surface area contributed by atoms with E-state index in [4.69, 9.17) is 4.74 Å². The van der Waals surface area contributed by atoms with Gasteiger partial charge >= 0.3 is 6.18 Å². The molecule has 0 bridgehead atoms. The minimum Gasteiger partial charge on any atom is -0.490 e. The van der Waals surface area contributed by atoms with Gasteiger partial charge in [0.15, 0.2) is 0 Å². The molecule has 0 amide bonds. The van der Waals surface area contributed by atoms with Gasteiger partial charge in [0.2, 0.25) is 0 Å². The van der Waals surface area contributed by atoms with Crippen molar-refractivity contribution >= 4 is 0 Å². The zero-order chi connectivity index (χ0) is 17.2. The average molecular weight is 323 g/mol. The zero-order valence-corrected chi connectivity index (χ0v) is 13.6. The molecule has 1 aromatic heterocycles. The van der Waals surface area contributed by atoms with E-state index in [1.165, 1.54) is 6.07 Å². The van der Waals surface area contributed by atoms with Gasteiger partial charge < -0.3 is 4.74 Å². The van der Waals surface area contributed by atoms with Gasteiger partial charge in [-0.2, -0.15) is 13.2 Å². The minimum atomic E-state index is -4.39. The highest BCUT2D eigenvalue weighted by Gasteiger charge is 2.31. The molecule has 0 N–H and O–H groups in total. The number of pyridine rings is 1. The Bertz CT molecular complexity index is 661. The largest absolute Gasteiger partial charge is 0.490 e. The van der Waals surface area contributed by atoms with Crippen LogP contribution in [0.1, 0.15) is 44.9 Å². The van der Waals surface area contributed by atoms with Gasteiger partial charge in [0, 0.05) is 23.0 Å². The van der Waals surface area contributed by atoms with E-state index in [9.17, 15) is 13.2 Å². The second kappa shape index (κ2) is 6.60. The molecule has 0 aliphatic heterocycles. The number of rotatable bonds is 4. The summed E-state index contributed by atoms with van der Waals surface area (Å²) in [6.07, 6.45) is -2.93. The maximum Gasteiger partial charge on any atom is 0.416 e. The fraction of sp³-hybridized carbons (Fsp3) is 0.389. The SMILES string of the molecule is CC(C)Oc1ccc(C(F)(F)F)cc1-c1ccc(C(C)C)nc1. The number of aromatic nitrogens is 1. The molecule has 0 aliphatic rings. The van der Waals surface area contributed by atoms with Crippen LogP contribution in [0.15, 0.2) is 36.5 Å². The molecule has 0 spiro atoms. The van der Waals surface area contributed by atoms with Crippen LogP contribution in [0.4, 0.5) is 13.2 Å². The Morgan fingerprint density at radius 3 is 2.17 bits per heavy atom. The van der Waals surface area contributed by atoms with Gasteiger partial charge in [0.05, 0.1) is 11.7 Å². The van der Waals surface area contributed by atoms with E-state index in [2.05, 4.69) is 4.98 Å². The topological polar surface area (TPSA) is 22.1 Å². The Labute approximate surface area is 134 Å². The first kappa shape index (κ1) is 17.3. The van der Waals surface area contributed by atoms with Crippen molar-refractivity contribution in [3.63, 3.8) is 0 Å². The van der Waals surface area contributed by atoms with E-state index in [1.54, 1.807) is 12.3 Å². The second-order valence-electron chi connectivity index (χ2n) is 6.00. The first-order chi connectivity index (χ1) is 10.7. The number of halogens is 3. The van der Waals surface area contributed by atoms with E-state index in [0.717, 1.165) is 17.8 Å². The fourth-order valence-electron chi connectivity index (χ4n) is 2.19. The van der Waals surface area contributed by atoms with Crippen LogP contribution in [-0.2, 0) is 6.18 Å². The Kier molecular flexibility index (Phi) is 4.97. The third-order valence-electron chi connectivity index (χ3n) is 3.36. The summed E-state index contributed by atoms with van der Waals surface area (Å²) in [5.74, 6) is 0.684. The van der Waals surface area contributed by atoms with E-state index < -0.39 is 11.7 Å². The minimum absolute atomic E-state index is 0.131. The third-order valence-corrected chi connectivity index (χ3v) is 3.36. The van der Waals surface area contributed by atoms with Crippen molar-refractivity contribution in [2.75, 3.05) is 0 Å². The number of hydrogen-bond donors (Lipinski definition) is 0. The average Bonchev–Trinajstić information content (AvgIpc) is 2.46. The van der Waals surface area contributed by atoms with Crippen molar-refractivity contribution in [1.29, 1.82) is 0 Å². The molecule has 2 rings (SSSR count). The van der Waals surface area contributed by atoms with Gasteiger partial charge in [0.1, 0.15) is 5.75 Å².